The molecule has 0 spiro atoms. The van der Waals surface area contributed by atoms with Crippen LogP contribution >= 0.6 is 0 Å². The molecule has 3 heterocycles. The van der Waals surface area contributed by atoms with Gasteiger partial charge in [-0.15, -0.1) is 0 Å². The molecule has 2 N–H and O–H groups in total. The van der Waals surface area contributed by atoms with Crippen molar-refractivity contribution in [1.29, 1.82) is 0 Å². The molecule has 2 fully saturated rings. The van der Waals surface area contributed by atoms with Crippen LogP contribution in [0.3, 0.4) is 0 Å². The molecule has 0 bridgehead atoms. The summed E-state index contributed by atoms with van der Waals surface area (Å²) in [6, 6.07) is 14.0. The van der Waals surface area contributed by atoms with Crippen molar-refractivity contribution in [2.24, 2.45) is 0 Å². The number of likely N-dealkylation sites (tertiary alicyclic amines) is 1. The number of rotatable bonds is 8. The fraction of sp³-hybridized carbons (Fsp3) is 0.310. The highest BCUT2D eigenvalue weighted by Crippen LogP contribution is 2.35. The first kappa shape index (κ1) is 25.0. The number of carbonyl (C=O) groups is 1. The smallest absolute Gasteiger partial charge is 0.246 e. The first-order chi connectivity index (χ1) is 19.0. The van der Waals surface area contributed by atoms with E-state index >= 15 is 0 Å². The van der Waals surface area contributed by atoms with Crippen LogP contribution in [0.1, 0.15) is 25.3 Å². The maximum absolute atomic E-state index is 13.5. The van der Waals surface area contributed by atoms with Gasteiger partial charge >= 0.3 is 0 Å². The molecule has 1 atom stereocenters. The number of amides is 1. The Kier molecular flexibility index (Phi) is 6.70. The van der Waals surface area contributed by atoms with Gasteiger partial charge < -0.3 is 15.4 Å². The van der Waals surface area contributed by atoms with Crippen LogP contribution in [0, 0.1) is 5.82 Å². The van der Waals surface area contributed by atoms with Gasteiger partial charge in [-0.25, -0.2) is 19.0 Å². The normalized spacial score (nSPS) is 17.5. The molecule has 0 radical (unpaired) electrons. The molecular formula is C29H30FN7O2. The summed E-state index contributed by atoms with van der Waals surface area (Å²) in [6.45, 7) is 1.97. The number of aromatic nitrogens is 4. The SMILES string of the molecule is CN(CC=CC(=O)N1CC[C@@H](n2nc(-c3ccc(Oc4cccc(F)c4)cc3)c3c(N)ncnc32)C1)C1CC1. The quantitative estimate of drug-likeness (QED) is 0.338. The number of hydrogen-bond donors (Lipinski definition) is 1. The Labute approximate surface area is 225 Å². The van der Waals surface area contributed by atoms with E-state index in [2.05, 4.69) is 21.9 Å². The number of anilines is 1. The van der Waals surface area contributed by atoms with Crippen molar-refractivity contribution >= 4 is 22.8 Å². The number of nitrogen functional groups attached to an aromatic ring is 1. The summed E-state index contributed by atoms with van der Waals surface area (Å²) < 4.78 is 21.2. The Morgan fingerprint density at radius 2 is 1.97 bits per heavy atom. The molecular weight excluding hydrogens is 497 g/mol. The van der Waals surface area contributed by atoms with Crippen LogP contribution in [0.15, 0.2) is 67.0 Å². The molecule has 1 saturated carbocycles. The highest BCUT2D eigenvalue weighted by molar-refractivity contribution is 5.98. The summed E-state index contributed by atoms with van der Waals surface area (Å²) in [4.78, 5) is 25.7. The number of nitrogens with zero attached hydrogens (tertiary/aromatic N) is 6. The molecule has 200 valence electrons. The van der Waals surface area contributed by atoms with Crippen molar-refractivity contribution in [3.05, 3.63) is 72.8 Å². The molecule has 0 unspecified atom stereocenters. The number of fused-ring (bicyclic) bond motifs is 1. The second-order valence-electron chi connectivity index (χ2n) is 10.1. The number of carbonyl (C=O) groups excluding carboxylic acids is 1. The van der Waals surface area contributed by atoms with Crippen LogP contribution in [0.2, 0.25) is 0 Å². The maximum Gasteiger partial charge on any atom is 0.246 e. The lowest BCUT2D eigenvalue weighted by atomic mass is 10.1. The molecule has 6 rings (SSSR count). The van der Waals surface area contributed by atoms with Crippen LogP contribution in [-0.4, -0.2) is 68.2 Å². The van der Waals surface area contributed by atoms with Crippen molar-refractivity contribution in [3.8, 4) is 22.8 Å². The lowest BCUT2D eigenvalue weighted by molar-refractivity contribution is -0.125. The summed E-state index contributed by atoms with van der Waals surface area (Å²) in [6.07, 6.45) is 8.32. The van der Waals surface area contributed by atoms with Gasteiger partial charge in [0.05, 0.1) is 11.4 Å². The number of likely N-dealkylation sites (N-methyl/N-ethyl adjacent to an activating group) is 1. The first-order valence-electron chi connectivity index (χ1n) is 13.1. The molecule has 1 saturated heterocycles. The van der Waals surface area contributed by atoms with Gasteiger partial charge in [0.2, 0.25) is 5.91 Å². The lowest BCUT2D eigenvalue weighted by Gasteiger charge is -2.16. The molecule has 1 aliphatic carbocycles. The monoisotopic (exact) mass is 527 g/mol. The summed E-state index contributed by atoms with van der Waals surface area (Å²) in [5.41, 5.74) is 8.41. The number of halogens is 1. The van der Waals surface area contributed by atoms with Crippen LogP contribution in [-0.2, 0) is 4.79 Å². The third kappa shape index (κ3) is 5.33. The molecule has 10 heteroatoms. The average molecular weight is 528 g/mol. The van der Waals surface area contributed by atoms with E-state index in [-0.39, 0.29) is 17.8 Å². The van der Waals surface area contributed by atoms with Crippen LogP contribution < -0.4 is 10.5 Å². The second-order valence-corrected chi connectivity index (χ2v) is 10.1. The largest absolute Gasteiger partial charge is 0.457 e. The predicted molar refractivity (Wildman–Crippen MR) is 147 cm³/mol. The van der Waals surface area contributed by atoms with E-state index in [1.54, 1.807) is 30.3 Å². The standard InChI is InChI=1S/C29H30FN7O2/c1-35(21-9-10-21)14-3-6-25(38)36-15-13-22(17-36)37-29-26(28(31)32-18-33-29)27(34-37)19-7-11-23(12-8-19)39-24-5-2-4-20(30)16-24/h2-8,11-12,16,18,21-22H,9-10,13-15,17H2,1H3,(H2,31,32,33)/t22-/m1/s1. The zero-order valence-electron chi connectivity index (χ0n) is 21.7. The van der Waals surface area contributed by atoms with E-state index in [4.69, 9.17) is 15.6 Å². The van der Waals surface area contributed by atoms with E-state index in [0.717, 1.165) is 18.5 Å². The van der Waals surface area contributed by atoms with Gasteiger partial charge in [-0.1, -0.05) is 12.1 Å². The minimum atomic E-state index is -0.360. The Morgan fingerprint density at radius 3 is 2.74 bits per heavy atom. The van der Waals surface area contributed by atoms with E-state index in [9.17, 15) is 9.18 Å². The minimum Gasteiger partial charge on any atom is -0.457 e. The average Bonchev–Trinajstić information content (AvgIpc) is 3.54. The van der Waals surface area contributed by atoms with Crippen molar-refractivity contribution in [2.45, 2.75) is 31.3 Å². The molecule has 9 nitrogen and oxygen atoms in total. The van der Waals surface area contributed by atoms with Crippen molar-refractivity contribution in [2.75, 3.05) is 32.4 Å². The highest BCUT2D eigenvalue weighted by atomic mass is 19.1. The Morgan fingerprint density at radius 1 is 1.15 bits per heavy atom. The summed E-state index contributed by atoms with van der Waals surface area (Å²) in [7, 11) is 2.09. The Balaban J connectivity index is 1.21. The first-order valence-corrected chi connectivity index (χ1v) is 13.1. The van der Waals surface area contributed by atoms with Crippen LogP contribution in [0.5, 0.6) is 11.5 Å². The van der Waals surface area contributed by atoms with Gasteiger partial charge in [0, 0.05) is 43.4 Å². The second kappa shape index (κ2) is 10.5. The third-order valence-corrected chi connectivity index (χ3v) is 7.32. The van der Waals surface area contributed by atoms with E-state index in [1.807, 2.05) is 27.8 Å². The van der Waals surface area contributed by atoms with E-state index in [0.29, 0.717) is 53.2 Å². The van der Waals surface area contributed by atoms with E-state index < -0.39 is 0 Å². The molecule has 2 aliphatic rings. The van der Waals surface area contributed by atoms with Gasteiger partial charge in [-0.05, 0) is 62.7 Å². The van der Waals surface area contributed by atoms with Crippen LogP contribution in [0.4, 0.5) is 10.2 Å². The topological polar surface area (TPSA) is 102 Å². The number of benzene rings is 2. The van der Waals surface area contributed by atoms with Crippen molar-refractivity contribution in [3.63, 3.8) is 0 Å². The predicted octanol–water partition coefficient (Wildman–Crippen LogP) is 4.43. The molecule has 4 aromatic rings. The van der Waals surface area contributed by atoms with Gasteiger partial charge in [0.25, 0.3) is 0 Å². The summed E-state index contributed by atoms with van der Waals surface area (Å²) in [5, 5.41) is 5.58. The zero-order valence-corrected chi connectivity index (χ0v) is 21.7. The fourth-order valence-corrected chi connectivity index (χ4v) is 5.03. The van der Waals surface area contributed by atoms with Gasteiger partial charge in [-0.2, -0.15) is 5.10 Å². The highest BCUT2D eigenvalue weighted by Gasteiger charge is 2.30. The lowest BCUT2D eigenvalue weighted by Crippen LogP contribution is -2.28. The molecule has 1 amide bonds. The summed E-state index contributed by atoms with van der Waals surface area (Å²) >= 11 is 0. The van der Waals surface area contributed by atoms with Crippen molar-refractivity contribution in [1.82, 2.24) is 29.5 Å². The molecule has 1 aliphatic heterocycles. The van der Waals surface area contributed by atoms with Gasteiger partial charge in [0.15, 0.2) is 5.65 Å². The van der Waals surface area contributed by atoms with Crippen molar-refractivity contribution < 1.29 is 13.9 Å². The molecule has 2 aromatic carbocycles. The third-order valence-electron chi connectivity index (χ3n) is 7.32. The number of hydrogen-bond acceptors (Lipinski definition) is 7. The number of nitrogens with two attached hydrogens (primary N) is 1. The minimum absolute atomic E-state index is 0.0152. The van der Waals surface area contributed by atoms with E-state index in [1.165, 1.54) is 31.3 Å². The fourth-order valence-electron chi connectivity index (χ4n) is 5.03. The van der Waals surface area contributed by atoms with Crippen LogP contribution in [0.25, 0.3) is 22.3 Å². The van der Waals surface area contributed by atoms with Gasteiger partial charge in [-0.3, -0.25) is 9.69 Å². The number of ether oxygens (including phenoxy) is 1. The zero-order chi connectivity index (χ0) is 26.9. The Hall–Kier alpha value is -4.31. The maximum atomic E-state index is 13.5. The molecule has 39 heavy (non-hydrogen) atoms. The Bertz CT molecular complexity index is 1530. The van der Waals surface area contributed by atoms with Gasteiger partial charge in [0.1, 0.15) is 35.2 Å². The molecule has 2 aromatic heterocycles. The summed E-state index contributed by atoms with van der Waals surface area (Å²) in [5.74, 6) is 0.983.